The first-order valence-corrected chi connectivity index (χ1v) is 5.04. The average Bonchev–Trinajstić information content (AvgIpc) is 2.57. The van der Waals surface area contributed by atoms with E-state index in [9.17, 15) is 0 Å². The SMILES string of the molecule is CCCNCCOc1nccs1. The molecule has 68 valence electrons. The Bertz CT molecular complexity index is 189. The van der Waals surface area contributed by atoms with Crippen LogP contribution in [0.4, 0.5) is 0 Å². The van der Waals surface area contributed by atoms with E-state index in [-0.39, 0.29) is 0 Å². The van der Waals surface area contributed by atoms with Crippen LogP contribution in [0.3, 0.4) is 0 Å². The molecular weight excluding hydrogens is 172 g/mol. The molecule has 0 radical (unpaired) electrons. The molecule has 0 saturated heterocycles. The number of rotatable bonds is 6. The van der Waals surface area contributed by atoms with Crippen molar-refractivity contribution in [1.29, 1.82) is 0 Å². The van der Waals surface area contributed by atoms with Crippen LogP contribution < -0.4 is 10.1 Å². The van der Waals surface area contributed by atoms with Crippen molar-refractivity contribution < 1.29 is 4.74 Å². The Labute approximate surface area is 76.8 Å². The van der Waals surface area contributed by atoms with Gasteiger partial charge in [0.25, 0.3) is 5.19 Å². The maximum atomic E-state index is 5.34. The molecular formula is C8H14N2OS. The third-order valence-electron chi connectivity index (χ3n) is 1.34. The molecule has 0 bridgehead atoms. The van der Waals surface area contributed by atoms with Crippen molar-refractivity contribution >= 4 is 11.3 Å². The van der Waals surface area contributed by atoms with E-state index in [1.54, 1.807) is 6.20 Å². The van der Waals surface area contributed by atoms with Crippen LogP contribution >= 0.6 is 11.3 Å². The highest BCUT2D eigenvalue weighted by Crippen LogP contribution is 2.12. The zero-order valence-electron chi connectivity index (χ0n) is 7.25. The third-order valence-corrected chi connectivity index (χ3v) is 2.02. The summed E-state index contributed by atoms with van der Waals surface area (Å²) in [6, 6.07) is 0. The van der Waals surface area contributed by atoms with Crippen molar-refractivity contribution in [3.8, 4) is 5.19 Å². The lowest BCUT2D eigenvalue weighted by molar-refractivity contribution is 0.312. The van der Waals surface area contributed by atoms with Gasteiger partial charge >= 0.3 is 0 Å². The van der Waals surface area contributed by atoms with Crippen LogP contribution in [0.25, 0.3) is 0 Å². The topological polar surface area (TPSA) is 34.1 Å². The molecule has 3 nitrogen and oxygen atoms in total. The van der Waals surface area contributed by atoms with E-state index in [0.29, 0.717) is 6.61 Å². The van der Waals surface area contributed by atoms with Crippen LogP contribution in [0.1, 0.15) is 13.3 Å². The van der Waals surface area contributed by atoms with Crippen LogP contribution in [0, 0.1) is 0 Å². The van der Waals surface area contributed by atoms with Gasteiger partial charge in [0.2, 0.25) is 0 Å². The fraction of sp³-hybridized carbons (Fsp3) is 0.625. The Balaban J connectivity index is 1.96. The molecule has 1 aromatic heterocycles. The van der Waals surface area contributed by atoms with Crippen molar-refractivity contribution in [2.75, 3.05) is 19.7 Å². The maximum absolute atomic E-state index is 5.34. The second-order valence-corrected chi connectivity index (χ2v) is 3.25. The van der Waals surface area contributed by atoms with Crippen LogP contribution in [0.15, 0.2) is 11.6 Å². The summed E-state index contributed by atoms with van der Waals surface area (Å²) in [4.78, 5) is 4.00. The van der Waals surface area contributed by atoms with E-state index in [2.05, 4.69) is 17.2 Å². The number of ether oxygens (including phenoxy) is 1. The highest BCUT2D eigenvalue weighted by Gasteiger charge is 1.93. The predicted molar refractivity (Wildman–Crippen MR) is 50.8 cm³/mol. The van der Waals surface area contributed by atoms with Crippen molar-refractivity contribution in [2.45, 2.75) is 13.3 Å². The van der Waals surface area contributed by atoms with Crippen molar-refractivity contribution in [3.63, 3.8) is 0 Å². The molecule has 0 saturated carbocycles. The molecule has 12 heavy (non-hydrogen) atoms. The molecule has 0 unspecified atom stereocenters. The molecule has 1 heterocycles. The highest BCUT2D eigenvalue weighted by atomic mass is 32.1. The van der Waals surface area contributed by atoms with E-state index in [1.807, 2.05) is 5.38 Å². The van der Waals surface area contributed by atoms with Gasteiger partial charge in [-0.15, -0.1) is 0 Å². The summed E-state index contributed by atoms with van der Waals surface area (Å²) in [5.74, 6) is 0. The van der Waals surface area contributed by atoms with Gasteiger partial charge in [-0.1, -0.05) is 18.3 Å². The normalized spacial score (nSPS) is 10.1. The van der Waals surface area contributed by atoms with Crippen molar-refractivity contribution in [3.05, 3.63) is 11.6 Å². The molecule has 1 aromatic rings. The third kappa shape index (κ3) is 3.69. The molecule has 0 fully saturated rings. The average molecular weight is 186 g/mol. The summed E-state index contributed by atoms with van der Waals surface area (Å²) >= 11 is 1.53. The summed E-state index contributed by atoms with van der Waals surface area (Å²) in [5, 5.41) is 5.92. The van der Waals surface area contributed by atoms with Gasteiger partial charge < -0.3 is 10.1 Å². The van der Waals surface area contributed by atoms with Crippen molar-refractivity contribution in [2.24, 2.45) is 0 Å². The van der Waals surface area contributed by atoms with Gasteiger partial charge in [-0.05, 0) is 13.0 Å². The molecule has 0 amide bonds. The quantitative estimate of drug-likeness (QED) is 0.684. The number of hydrogen-bond donors (Lipinski definition) is 1. The molecule has 1 rings (SSSR count). The lowest BCUT2D eigenvalue weighted by Crippen LogP contribution is -2.21. The molecule has 1 N–H and O–H groups in total. The second-order valence-electron chi connectivity index (χ2n) is 2.40. The summed E-state index contributed by atoms with van der Waals surface area (Å²) < 4.78 is 5.34. The van der Waals surface area contributed by atoms with E-state index in [4.69, 9.17) is 4.74 Å². The van der Waals surface area contributed by atoms with Gasteiger partial charge in [-0.25, -0.2) is 4.98 Å². The maximum Gasteiger partial charge on any atom is 0.273 e. The lowest BCUT2D eigenvalue weighted by atomic mass is 10.5. The van der Waals surface area contributed by atoms with E-state index in [1.165, 1.54) is 11.3 Å². The number of nitrogens with zero attached hydrogens (tertiary/aromatic N) is 1. The highest BCUT2D eigenvalue weighted by molar-refractivity contribution is 7.11. The van der Waals surface area contributed by atoms with Crippen LogP contribution in [0.2, 0.25) is 0 Å². The molecule has 4 heteroatoms. The Morgan fingerprint density at radius 3 is 3.17 bits per heavy atom. The zero-order chi connectivity index (χ0) is 8.65. The molecule has 0 aliphatic heterocycles. The van der Waals surface area contributed by atoms with Gasteiger partial charge in [0, 0.05) is 18.1 Å². The Morgan fingerprint density at radius 1 is 1.58 bits per heavy atom. The van der Waals surface area contributed by atoms with E-state index in [0.717, 1.165) is 24.7 Å². The first-order valence-electron chi connectivity index (χ1n) is 4.16. The molecule has 0 aliphatic rings. The van der Waals surface area contributed by atoms with Crippen LogP contribution in [0.5, 0.6) is 5.19 Å². The van der Waals surface area contributed by atoms with Crippen LogP contribution in [-0.2, 0) is 0 Å². The second kappa shape index (κ2) is 5.97. The fourth-order valence-electron chi connectivity index (χ4n) is 0.794. The summed E-state index contributed by atoms with van der Waals surface area (Å²) in [7, 11) is 0. The van der Waals surface area contributed by atoms with Gasteiger partial charge in [-0.2, -0.15) is 0 Å². The first kappa shape index (κ1) is 9.48. The van der Waals surface area contributed by atoms with Crippen LogP contribution in [-0.4, -0.2) is 24.7 Å². The Hall–Kier alpha value is -0.610. The van der Waals surface area contributed by atoms with E-state index < -0.39 is 0 Å². The van der Waals surface area contributed by atoms with E-state index >= 15 is 0 Å². The van der Waals surface area contributed by atoms with Gasteiger partial charge in [0.05, 0.1) is 0 Å². The summed E-state index contributed by atoms with van der Waals surface area (Å²) in [5.41, 5.74) is 0. The van der Waals surface area contributed by atoms with Gasteiger partial charge in [0.1, 0.15) is 6.61 Å². The minimum absolute atomic E-state index is 0.702. The largest absolute Gasteiger partial charge is 0.469 e. The molecule has 0 spiro atoms. The lowest BCUT2D eigenvalue weighted by Gasteiger charge is -2.02. The minimum atomic E-state index is 0.702. The Morgan fingerprint density at radius 2 is 2.50 bits per heavy atom. The standard InChI is InChI=1S/C8H14N2OS/c1-2-3-9-4-6-11-8-10-5-7-12-8/h5,7,9H,2-4,6H2,1H3. The molecule has 0 atom stereocenters. The fourth-order valence-corrected chi connectivity index (χ4v) is 1.31. The number of aromatic nitrogens is 1. The van der Waals surface area contributed by atoms with Gasteiger partial charge in [0.15, 0.2) is 0 Å². The zero-order valence-corrected chi connectivity index (χ0v) is 8.06. The van der Waals surface area contributed by atoms with Gasteiger partial charge in [-0.3, -0.25) is 0 Å². The minimum Gasteiger partial charge on any atom is -0.469 e. The first-order chi connectivity index (χ1) is 5.93. The number of hydrogen-bond acceptors (Lipinski definition) is 4. The number of nitrogens with one attached hydrogen (secondary N) is 1. The summed E-state index contributed by atoms with van der Waals surface area (Å²) in [6.45, 7) is 4.80. The molecule has 0 aromatic carbocycles. The summed E-state index contributed by atoms with van der Waals surface area (Å²) in [6.07, 6.45) is 2.91. The number of thiazole rings is 1. The molecule has 0 aliphatic carbocycles. The predicted octanol–water partition coefficient (Wildman–Crippen LogP) is 1.52. The Kier molecular flexibility index (Phi) is 4.71. The smallest absolute Gasteiger partial charge is 0.273 e. The van der Waals surface area contributed by atoms with Crippen molar-refractivity contribution in [1.82, 2.24) is 10.3 Å². The monoisotopic (exact) mass is 186 g/mol.